The van der Waals surface area contributed by atoms with Crippen molar-refractivity contribution in [3.8, 4) is 5.75 Å². The second-order valence-electron chi connectivity index (χ2n) is 7.17. The highest BCUT2D eigenvalue weighted by Gasteiger charge is 2.23. The Bertz CT molecular complexity index is 745. The van der Waals surface area contributed by atoms with Gasteiger partial charge in [0.25, 0.3) is 0 Å². The number of benzene rings is 2. The predicted molar refractivity (Wildman–Crippen MR) is 128 cm³/mol. The summed E-state index contributed by atoms with van der Waals surface area (Å²) in [6, 6.07) is 17.0. The molecule has 1 heterocycles. The van der Waals surface area contributed by atoms with E-state index in [4.69, 9.17) is 24.4 Å². The lowest BCUT2D eigenvalue weighted by Gasteiger charge is -2.27. The second-order valence-corrected chi connectivity index (χ2v) is 9.89. The Balaban J connectivity index is 1.61. The Hall–Kier alpha value is -1.22. The summed E-state index contributed by atoms with van der Waals surface area (Å²) in [7, 11) is 0. The molecule has 3 rings (SSSR count). The fourth-order valence-electron chi connectivity index (χ4n) is 3.46. The lowest BCUT2D eigenvalue weighted by Crippen LogP contribution is -2.15. The number of fused-ring (bicyclic) bond motifs is 1. The lowest BCUT2D eigenvalue weighted by molar-refractivity contribution is 0.103. The van der Waals surface area contributed by atoms with Gasteiger partial charge in [-0.2, -0.15) is 0 Å². The Labute approximate surface area is 193 Å². The minimum atomic E-state index is 0.0554. The van der Waals surface area contributed by atoms with Crippen molar-refractivity contribution in [1.82, 2.24) is 0 Å². The summed E-state index contributed by atoms with van der Waals surface area (Å²) in [4.78, 5) is 0. The van der Waals surface area contributed by atoms with Gasteiger partial charge in [0, 0.05) is 11.5 Å². The van der Waals surface area contributed by atoms with Gasteiger partial charge in [0.1, 0.15) is 11.9 Å². The van der Waals surface area contributed by atoms with E-state index >= 15 is 0 Å². The zero-order chi connectivity index (χ0) is 21.7. The second kappa shape index (κ2) is 14.0. The molecule has 1 atom stereocenters. The van der Waals surface area contributed by atoms with Crippen LogP contribution in [-0.4, -0.2) is 61.4 Å². The van der Waals surface area contributed by atoms with Crippen LogP contribution in [0.2, 0.25) is 0 Å². The average molecular weight is 465 g/mol. The molecule has 0 aliphatic carbocycles. The first kappa shape index (κ1) is 24.4. The molecule has 0 bridgehead atoms. The Kier molecular flexibility index (Phi) is 11.1. The van der Waals surface area contributed by atoms with Gasteiger partial charge in [-0.3, -0.25) is 0 Å². The van der Waals surface area contributed by atoms with Crippen molar-refractivity contribution in [1.29, 1.82) is 0 Å². The molecule has 170 valence electrons. The summed E-state index contributed by atoms with van der Waals surface area (Å²) in [5, 5.41) is 17.7. The first-order valence-electron chi connectivity index (χ1n) is 10.8. The van der Waals surface area contributed by atoms with E-state index in [0.717, 1.165) is 30.1 Å². The predicted octanol–water partition coefficient (Wildman–Crippen LogP) is 4.24. The summed E-state index contributed by atoms with van der Waals surface area (Å²) < 4.78 is 17.4. The monoisotopic (exact) mass is 464 g/mol. The molecule has 1 aliphatic heterocycles. The van der Waals surface area contributed by atoms with Crippen LogP contribution in [0, 0.1) is 0 Å². The topological polar surface area (TPSA) is 68.2 Å². The van der Waals surface area contributed by atoms with Gasteiger partial charge in [-0.1, -0.05) is 42.5 Å². The molecule has 7 heteroatoms. The quantitative estimate of drug-likeness (QED) is 0.320. The first-order chi connectivity index (χ1) is 15.3. The molecule has 0 spiro atoms. The third-order valence-electron chi connectivity index (χ3n) is 4.94. The minimum Gasteiger partial charge on any atom is -0.485 e. The van der Waals surface area contributed by atoms with Crippen molar-refractivity contribution < 1.29 is 24.4 Å². The summed E-state index contributed by atoms with van der Waals surface area (Å²) in [5.74, 6) is 2.70. The molecule has 2 aromatic rings. The van der Waals surface area contributed by atoms with Crippen molar-refractivity contribution >= 4 is 23.5 Å². The summed E-state index contributed by atoms with van der Waals surface area (Å²) >= 11 is 3.70. The maximum absolute atomic E-state index is 8.86. The van der Waals surface area contributed by atoms with Crippen molar-refractivity contribution in [2.24, 2.45) is 0 Å². The van der Waals surface area contributed by atoms with Gasteiger partial charge in [-0.05, 0) is 35.6 Å². The molecule has 0 radical (unpaired) electrons. The van der Waals surface area contributed by atoms with Crippen LogP contribution in [0.3, 0.4) is 0 Å². The van der Waals surface area contributed by atoms with E-state index in [9.17, 15) is 0 Å². The smallest absolute Gasteiger partial charge is 0.124 e. The molecule has 5 nitrogen and oxygen atoms in total. The van der Waals surface area contributed by atoms with Crippen LogP contribution in [-0.2, 0) is 15.9 Å². The van der Waals surface area contributed by atoms with Gasteiger partial charge < -0.3 is 24.4 Å². The number of thioether (sulfide) groups is 2. The number of hydrogen-bond acceptors (Lipinski definition) is 7. The first-order valence-corrected chi connectivity index (χ1v) is 12.9. The summed E-state index contributed by atoms with van der Waals surface area (Å²) in [5.41, 5.74) is 3.77. The van der Waals surface area contributed by atoms with Crippen LogP contribution in [0.25, 0.3) is 0 Å². The van der Waals surface area contributed by atoms with Crippen molar-refractivity contribution in [2.75, 3.05) is 51.1 Å². The summed E-state index contributed by atoms with van der Waals surface area (Å²) in [6.07, 6.45) is 2.10. The van der Waals surface area contributed by atoms with Crippen molar-refractivity contribution in [3.63, 3.8) is 0 Å². The molecule has 0 amide bonds. The van der Waals surface area contributed by atoms with E-state index in [1.165, 1.54) is 16.7 Å². The number of rotatable bonds is 14. The molecule has 0 saturated carbocycles. The Morgan fingerprint density at radius 2 is 1.58 bits per heavy atom. The zero-order valence-corrected chi connectivity index (χ0v) is 19.4. The van der Waals surface area contributed by atoms with Crippen LogP contribution < -0.4 is 4.74 Å². The van der Waals surface area contributed by atoms with Gasteiger partial charge in [0.2, 0.25) is 0 Å². The zero-order valence-electron chi connectivity index (χ0n) is 17.8. The lowest BCUT2D eigenvalue weighted by atomic mass is 9.96. The van der Waals surface area contributed by atoms with Gasteiger partial charge in [-0.15, -0.1) is 23.5 Å². The molecular formula is C24H32O5S2. The van der Waals surface area contributed by atoms with Crippen LogP contribution in [0.1, 0.15) is 33.8 Å². The van der Waals surface area contributed by atoms with Gasteiger partial charge in [-0.25, -0.2) is 0 Å². The average Bonchev–Trinajstić information content (AvgIpc) is 2.82. The molecule has 1 aliphatic rings. The van der Waals surface area contributed by atoms with Crippen molar-refractivity contribution in [2.45, 2.75) is 23.5 Å². The van der Waals surface area contributed by atoms with E-state index in [1.807, 2.05) is 29.6 Å². The molecule has 2 N–H and O–H groups in total. The van der Waals surface area contributed by atoms with Crippen LogP contribution in [0.15, 0.2) is 48.5 Å². The van der Waals surface area contributed by atoms with E-state index in [-0.39, 0.29) is 23.9 Å². The van der Waals surface area contributed by atoms with Crippen LogP contribution in [0.4, 0.5) is 0 Å². The standard InChI is InChI=1S/C24H32O5S2/c25-10-12-27-14-16-30-24(31-17-15-28-13-11-26)21-7-9-23-20(18-21)6-8-22(29-23)19-4-2-1-3-5-19/h1-5,7,9,18,22,24-26H,6,8,10-17H2. The van der Waals surface area contributed by atoms with Crippen LogP contribution in [0.5, 0.6) is 5.75 Å². The molecular weight excluding hydrogens is 432 g/mol. The van der Waals surface area contributed by atoms with Gasteiger partial charge >= 0.3 is 0 Å². The molecule has 2 aromatic carbocycles. The number of ether oxygens (including phenoxy) is 3. The normalized spacial score (nSPS) is 15.6. The fourth-order valence-corrected chi connectivity index (χ4v) is 5.96. The number of aliphatic hydroxyl groups excluding tert-OH is 2. The van der Waals surface area contributed by atoms with E-state index < -0.39 is 0 Å². The van der Waals surface area contributed by atoms with E-state index in [2.05, 4.69) is 42.5 Å². The van der Waals surface area contributed by atoms with Crippen molar-refractivity contribution in [3.05, 3.63) is 65.2 Å². The number of aliphatic hydroxyl groups is 2. The SMILES string of the molecule is OCCOCCSC(SCCOCCO)c1ccc2c(c1)CCC(c1ccccc1)O2. The number of aryl methyl sites for hydroxylation is 1. The summed E-state index contributed by atoms with van der Waals surface area (Å²) in [6.45, 7) is 2.12. The van der Waals surface area contributed by atoms with Gasteiger partial charge in [0.15, 0.2) is 0 Å². The van der Waals surface area contributed by atoms with E-state index in [0.29, 0.717) is 26.4 Å². The molecule has 0 saturated heterocycles. The molecule has 31 heavy (non-hydrogen) atoms. The molecule has 0 aromatic heterocycles. The molecule has 0 fully saturated rings. The van der Waals surface area contributed by atoms with E-state index in [1.54, 1.807) is 0 Å². The highest BCUT2D eigenvalue weighted by atomic mass is 32.2. The Morgan fingerprint density at radius 1 is 0.903 bits per heavy atom. The Morgan fingerprint density at radius 3 is 2.23 bits per heavy atom. The highest BCUT2D eigenvalue weighted by molar-refractivity contribution is 8.16. The third kappa shape index (κ3) is 8.00. The fraction of sp³-hybridized carbons (Fsp3) is 0.500. The maximum atomic E-state index is 8.86. The number of hydrogen-bond donors (Lipinski definition) is 2. The highest BCUT2D eigenvalue weighted by Crippen LogP contribution is 2.42. The van der Waals surface area contributed by atoms with Gasteiger partial charge in [0.05, 0.1) is 44.2 Å². The van der Waals surface area contributed by atoms with Crippen LogP contribution >= 0.6 is 23.5 Å². The largest absolute Gasteiger partial charge is 0.485 e. The maximum Gasteiger partial charge on any atom is 0.124 e. The third-order valence-corrected chi connectivity index (χ3v) is 7.71. The minimum absolute atomic E-state index is 0.0554. The molecule has 1 unspecified atom stereocenters.